The second-order valence-corrected chi connectivity index (χ2v) is 13.3. The van der Waals surface area contributed by atoms with Gasteiger partial charge in [-0.15, -0.1) is 0 Å². The first kappa shape index (κ1) is 37.1. The summed E-state index contributed by atoms with van der Waals surface area (Å²) in [5.41, 5.74) is 6.20. The second-order valence-electron chi connectivity index (χ2n) is 13.3. The number of nitrogens with one attached hydrogen (secondary N) is 1. The molecule has 0 aliphatic carbocycles. The maximum atomic E-state index is 13.1. The minimum Gasteiger partial charge on any atom is -0.392 e. The number of hydrogen-bond donors (Lipinski definition) is 2. The van der Waals surface area contributed by atoms with E-state index in [0.29, 0.717) is 24.3 Å². The number of benzene rings is 3. The van der Waals surface area contributed by atoms with Crippen molar-refractivity contribution < 1.29 is 37.3 Å². The first-order valence-corrected chi connectivity index (χ1v) is 17.5. The fourth-order valence-electron chi connectivity index (χ4n) is 6.84. The molecule has 2 amide bonds. The van der Waals surface area contributed by atoms with Gasteiger partial charge in [-0.2, -0.15) is 13.2 Å². The average molecular weight is 717 g/mol. The number of ether oxygens (including phenoxy) is 2. The van der Waals surface area contributed by atoms with Gasteiger partial charge in [0.1, 0.15) is 6.04 Å². The number of aliphatic hydroxyl groups is 1. The van der Waals surface area contributed by atoms with E-state index in [1.807, 2.05) is 91.0 Å². The predicted octanol–water partition coefficient (Wildman–Crippen LogP) is 6.13. The van der Waals surface area contributed by atoms with Crippen LogP contribution in [0.1, 0.15) is 59.6 Å². The number of likely N-dealkylation sites (tertiary alicyclic amines) is 1. The van der Waals surface area contributed by atoms with Gasteiger partial charge in [0.15, 0.2) is 6.29 Å². The molecule has 12 heteroatoms. The molecule has 4 aromatic rings. The summed E-state index contributed by atoms with van der Waals surface area (Å²) in [7, 11) is 2.07. The number of carbonyl (C=O) groups is 2. The lowest BCUT2D eigenvalue weighted by Crippen LogP contribution is -2.50. The maximum Gasteiger partial charge on any atom is 0.471 e. The number of nitrogens with zero attached hydrogens (tertiary/aromatic N) is 3. The van der Waals surface area contributed by atoms with E-state index < -0.39 is 30.3 Å². The van der Waals surface area contributed by atoms with Crippen LogP contribution in [0.2, 0.25) is 0 Å². The van der Waals surface area contributed by atoms with E-state index in [0.717, 1.165) is 52.0 Å². The highest BCUT2D eigenvalue weighted by Crippen LogP contribution is 2.39. The highest BCUT2D eigenvalue weighted by atomic mass is 19.4. The molecule has 3 heterocycles. The normalized spacial score (nSPS) is 20.6. The molecule has 0 unspecified atom stereocenters. The van der Waals surface area contributed by atoms with Gasteiger partial charge < -0.3 is 29.7 Å². The van der Waals surface area contributed by atoms with Crippen molar-refractivity contribution in [3.8, 4) is 11.1 Å². The molecule has 0 bridgehead atoms. The number of aromatic nitrogens is 1. The van der Waals surface area contributed by atoms with Crippen molar-refractivity contribution in [3.63, 3.8) is 0 Å². The van der Waals surface area contributed by atoms with Gasteiger partial charge in [0, 0.05) is 56.5 Å². The monoisotopic (exact) mass is 716 g/mol. The molecule has 2 saturated heterocycles. The van der Waals surface area contributed by atoms with Gasteiger partial charge in [-0.3, -0.25) is 14.6 Å². The Hall–Kier alpha value is -4.62. The number of amides is 2. The number of pyridine rings is 1. The van der Waals surface area contributed by atoms with Crippen LogP contribution in [0.3, 0.4) is 0 Å². The van der Waals surface area contributed by atoms with Crippen LogP contribution in [0.5, 0.6) is 0 Å². The van der Waals surface area contributed by atoms with Crippen molar-refractivity contribution in [1.82, 2.24) is 20.1 Å². The van der Waals surface area contributed by atoms with Crippen LogP contribution in [0.25, 0.3) is 11.1 Å². The number of hydrogen-bond acceptors (Lipinski definition) is 7. The third-order valence-corrected chi connectivity index (χ3v) is 9.63. The molecule has 52 heavy (non-hydrogen) atoms. The highest BCUT2D eigenvalue weighted by Gasteiger charge is 2.47. The summed E-state index contributed by atoms with van der Waals surface area (Å²) >= 11 is 0. The minimum atomic E-state index is -5.03. The quantitative estimate of drug-likeness (QED) is 0.182. The zero-order valence-electron chi connectivity index (χ0n) is 29.0. The maximum absolute atomic E-state index is 13.1. The van der Waals surface area contributed by atoms with E-state index in [1.165, 1.54) is 0 Å². The van der Waals surface area contributed by atoms with E-state index in [4.69, 9.17) is 9.47 Å². The van der Waals surface area contributed by atoms with E-state index in [-0.39, 0.29) is 38.3 Å². The summed E-state index contributed by atoms with van der Waals surface area (Å²) in [6.45, 7) is 1.46. The van der Waals surface area contributed by atoms with E-state index in [2.05, 4.69) is 22.2 Å². The topological polar surface area (TPSA) is 104 Å². The number of likely N-dealkylation sites (N-methyl/N-ethyl adjacent to an activating group) is 1. The fourth-order valence-corrected chi connectivity index (χ4v) is 6.84. The molecular weight excluding hydrogens is 673 g/mol. The summed E-state index contributed by atoms with van der Waals surface area (Å²) < 4.78 is 52.4. The number of aliphatic hydroxyl groups excluding tert-OH is 1. The molecule has 0 spiro atoms. The Morgan fingerprint density at radius 1 is 0.962 bits per heavy atom. The summed E-state index contributed by atoms with van der Waals surface area (Å²) in [6.07, 6.45) is -2.23. The number of halogens is 3. The molecule has 274 valence electrons. The Kier molecular flexibility index (Phi) is 12.0. The fraction of sp³-hybridized carbons (Fsp3) is 0.375. The van der Waals surface area contributed by atoms with Crippen LogP contribution in [-0.4, -0.2) is 76.7 Å². The zero-order chi connectivity index (χ0) is 36.7. The first-order valence-electron chi connectivity index (χ1n) is 17.5. The van der Waals surface area contributed by atoms with Crippen molar-refractivity contribution >= 4 is 11.8 Å². The van der Waals surface area contributed by atoms with Crippen LogP contribution in [0.4, 0.5) is 13.2 Å². The number of alkyl halides is 3. The molecule has 1 aromatic heterocycles. The van der Waals surface area contributed by atoms with Crippen molar-refractivity contribution in [2.24, 2.45) is 0 Å². The second kappa shape index (κ2) is 16.8. The van der Waals surface area contributed by atoms with Gasteiger partial charge in [-0.05, 0) is 59.8 Å². The Bertz CT molecular complexity index is 1790. The molecule has 4 atom stereocenters. The van der Waals surface area contributed by atoms with Gasteiger partial charge in [0.25, 0.3) is 0 Å². The predicted molar refractivity (Wildman–Crippen MR) is 188 cm³/mol. The number of carbonyl (C=O) groups excluding carboxylic acids is 2. The minimum absolute atomic E-state index is 0.0365. The van der Waals surface area contributed by atoms with Crippen LogP contribution in [0.15, 0.2) is 97.2 Å². The lowest BCUT2D eigenvalue weighted by atomic mass is 9.97. The highest BCUT2D eigenvalue weighted by molar-refractivity contribution is 5.90. The van der Waals surface area contributed by atoms with Gasteiger partial charge in [0.05, 0.1) is 18.8 Å². The van der Waals surface area contributed by atoms with E-state index in [9.17, 15) is 27.9 Å². The van der Waals surface area contributed by atoms with Gasteiger partial charge in [-0.25, -0.2) is 0 Å². The first-order chi connectivity index (χ1) is 25.1. The number of rotatable bonds is 12. The van der Waals surface area contributed by atoms with Crippen LogP contribution in [-0.2, 0) is 38.6 Å². The zero-order valence-corrected chi connectivity index (χ0v) is 29.0. The van der Waals surface area contributed by atoms with Crippen molar-refractivity contribution in [2.45, 2.75) is 69.6 Å². The summed E-state index contributed by atoms with van der Waals surface area (Å²) in [5.74, 6) is -2.59. The molecule has 3 aromatic carbocycles. The molecule has 6 rings (SSSR count). The SMILES string of the molecule is CN(CCc1ccccn1)C[C@H]1C[C@@H](c2ccc(CO)cc2)O[C@@H](c2ccc(-c3ccccc3CNC(=O)[C@@H]3CCCN3C(=O)C(F)(F)F)cc2)O1. The molecule has 9 nitrogen and oxygen atoms in total. The Morgan fingerprint density at radius 3 is 2.40 bits per heavy atom. The third-order valence-electron chi connectivity index (χ3n) is 9.63. The lowest BCUT2D eigenvalue weighted by molar-refractivity contribution is -0.252. The molecule has 2 aliphatic rings. The summed E-state index contributed by atoms with van der Waals surface area (Å²) in [6, 6.07) is 27.8. The van der Waals surface area contributed by atoms with Crippen LogP contribution >= 0.6 is 0 Å². The molecule has 2 aliphatic heterocycles. The Labute approximate surface area is 301 Å². The lowest BCUT2D eigenvalue weighted by Gasteiger charge is -2.38. The summed E-state index contributed by atoms with van der Waals surface area (Å²) in [5, 5.41) is 12.3. The van der Waals surface area contributed by atoms with E-state index >= 15 is 0 Å². The Balaban J connectivity index is 1.14. The molecule has 0 saturated carbocycles. The summed E-state index contributed by atoms with van der Waals surface area (Å²) in [4.78, 5) is 32.1. The van der Waals surface area contributed by atoms with Gasteiger partial charge in [-0.1, -0.05) is 78.9 Å². The molecule has 2 N–H and O–H groups in total. The Morgan fingerprint density at radius 2 is 1.69 bits per heavy atom. The van der Waals surface area contributed by atoms with Crippen molar-refractivity contribution in [3.05, 3.63) is 125 Å². The van der Waals surface area contributed by atoms with Crippen molar-refractivity contribution in [2.75, 3.05) is 26.7 Å². The molecule has 2 fully saturated rings. The molecular formula is C40H43F3N4O5. The van der Waals surface area contributed by atoms with Crippen molar-refractivity contribution in [1.29, 1.82) is 0 Å². The van der Waals surface area contributed by atoms with Crippen LogP contribution in [0, 0.1) is 0 Å². The van der Waals surface area contributed by atoms with Crippen LogP contribution < -0.4 is 5.32 Å². The van der Waals surface area contributed by atoms with Gasteiger partial charge >= 0.3 is 12.1 Å². The smallest absolute Gasteiger partial charge is 0.392 e. The van der Waals surface area contributed by atoms with E-state index in [1.54, 1.807) is 6.20 Å². The average Bonchev–Trinajstić information content (AvgIpc) is 3.66. The van der Waals surface area contributed by atoms with Gasteiger partial charge in [0.2, 0.25) is 5.91 Å². The molecule has 0 radical (unpaired) electrons. The standard InChI is InChI=1S/C40H43F3N4O5/c1-46(22-19-32-8-4-5-20-44-32)25-33-23-36(29-13-11-27(26-48)12-14-29)52-38(51-33)30-17-15-28(16-18-30)34-9-3-2-7-31(34)24-45-37(49)35-10-6-21-47(35)39(50)40(41,42)43/h2-5,7-9,11-18,20,33,35-36,38,48H,6,10,19,21-26H2,1H3,(H,45,49)/t33-,35+,36+,38+/m1/s1. The largest absolute Gasteiger partial charge is 0.471 e. The third kappa shape index (κ3) is 9.23.